The quantitative estimate of drug-likeness (QED) is 0.593. The highest BCUT2D eigenvalue weighted by Crippen LogP contribution is 2.29. The first-order valence-electron chi connectivity index (χ1n) is 8.60. The van der Waals surface area contributed by atoms with Crippen LogP contribution in [0, 0.1) is 11.3 Å². The van der Waals surface area contributed by atoms with Crippen molar-refractivity contribution in [3.05, 3.63) is 82.9 Å². The summed E-state index contributed by atoms with van der Waals surface area (Å²) in [6.07, 6.45) is 0. The van der Waals surface area contributed by atoms with Crippen LogP contribution in [0.4, 0.5) is 11.4 Å². The monoisotopic (exact) mass is 441 g/mol. The highest BCUT2D eigenvalue weighted by Gasteiger charge is 2.18. The van der Waals surface area contributed by atoms with Crippen LogP contribution in [0.3, 0.4) is 0 Å². The molecule has 152 valence electrons. The Morgan fingerprint density at radius 1 is 1.07 bits per heavy atom. The SMILES string of the molecule is COc1ccc(S(=O)(=O)Nc2ccc(Cl)cc2)cc1NC(=O)c1cccc(C#N)c1. The number of hydrogen-bond donors (Lipinski definition) is 2. The van der Waals surface area contributed by atoms with Gasteiger partial charge in [0.05, 0.1) is 29.3 Å². The molecule has 1 amide bonds. The topological polar surface area (TPSA) is 108 Å². The van der Waals surface area contributed by atoms with E-state index in [0.29, 0.717) is 16.3 Å². The first-order valence-corrected chi connectivity index (χ1v) is 10.5. The molecule has 30 heavy (non-hydrogen) atoms. The summed E-state index contributed by atoms with van der Waals surface area (Å²) < 4.78 is 33.2. The lowest BCUT2D eigenvalue weighted by Crippen LogP contribution is -2.16. The average Bonchev–Trinajstić information content (AvgIpc) is 2.75. The number of benzene rings is 3. The van der Waals surface area contributed by atoms with E-state index in [1.165, 1.54) is 43.5 Å². The van der Waals surface area contributed by atoms with Crippen LogP contribution in [0.2, 0.25) is 5.02 Å². The summed E-state index contributed by atoms with van der Waals surface area (Å²) in [4.78, 5) is 12.5. The highest BCUT2D eigenvalue weighted by molar-refractivity contribution is 7.92. The zero-order chi connectivity index (χ0) is 21.7. The predicted molar refractivity (Wildman–Crippen MR) is 114 cm³/mol. The van der Waals surface area contributed by atoms with Crippen molar-refractivity contribution >= 4 is 38.9 Å². The molecule has 0 saturated heterocycles. The normalized spacial score (nSPS) is 10.7. The number of hydrogen-bond acceptors (Lipinski definition) is 5. The molecule has 0 aliphatic carbocycles. The highest BCUT2D eigenvalue weighted by atomic mass is 35.5. The Bertz CT molecular complexity index is 1240. The van der Waals surface area contributed by atoms with Crippen molar-refractivity contribution < 1.29 is 17.9 Å². The van der Waals surface area contributed by atoms with Crippen LogP contribution in [0.25, 0.3) is 0 Å². The van der Waals surface area contributed by atoms with Crippen molar-refractivity contribution in [1.29, 1.82) is 5.26 Å². The van der Waals surface area contributed by atoms with E-state index in [9.17, 15) is 13.2 Å². The maximum Gasteiger partial charge on any atom is 0.261 e. The standard InChI is InChI=1S/C21H16ClN3O4S/c1-29-20-10-9-18(30(27,28)25-17-7-5-16(22)6-8-17)12-19(20)24-21(26)15-4-2-3-14(11-15)13-23/h2-12,25H,1H3,(H,24,26). The van der Waals surface area contributed by atoms with Crippen molar-refractivity contribution in [1.82, 2.24) is 0 Å². The number of carbonyl (C=O) groups excluding carboxylic acids is 1. The Hall–Kier alpha value is -3.54. The van der Waals surface area contributed by atoms with Crippen LogP contribution in [0.5, 0.6) is 5.75 Å². The minimum atomic E-state index is -3.93. The van der Waals surface area contributed by atoms with Crippen LogP contribution in [-0.4, -0.2) is 21.4 Å². The predicted octanol–water partition coefficient (Wildman–Crippen LogP) is 4.27. The van der Waals surface area contributed by atoms with Gasteiger partial charge in [-0.3, -0.25) is 9.52 Å². The van der Waals surface area contributed by atoms with E-state index in [4.69, 9.17) is 21.6 Å². The molecule has 7 nitrogen and oxygen atoms in total. The third kappa shape index (κ3) is 4.89. The van der Waals surface area contributed by atoms with E-state index in [-0.39, 0.29) is 21.9 Å². The lowest BCUT2D eigenvalue weighted by molar-refractivity contribution is 0.102. The number of halogens is 1. The second-order valence-electron chi connectivity index (χ2n) is 6.12. The molecule has 0 radical (unpaired) electrons. The van der Waals surface area contributed by atoms with E-state index < -0.39 is 15.9 Å². The molecule has 0 spiro atoms. The van der Waals surface area contributed by atoms with Crippen molar-refractivity contribution in [3.8, 4) is 11.8 Å². The molecular weight excluding hydrogens is 426 g/mol. The minimum Gasteiger partial charge on any atom is -0.495 e. The van der Waals surface area contributed by atoms with E-state index in [0.717, 1.165) is 0 Å². The minimum absolute atomic E-state index is 0.0701. The molecule has 0 fully saturated rings. The van der Waals surface area contributed by atoms with E-state index >= 15 is 0 Å². The van der Waals surface area contributed by atoms with Crippen molar-refractivity contribution in [2.75, 3.05) is 17.1 Å². The number of anilines is 2. The van der Waals surface area contributed by atoms with E-state index in [2.05, 4.69) is 10.0 Å². The molecule has 0 aliphatic heterocycles. The molecule has 2 N–H and O–H groups in total. The van der Waals surface area contributed by atoms with Gasteiger partial charge in [-0.2, -0.15) is 5.26 Å². The lowest BCUT2D eigenvalue weighted by Gasteiger charge is -2.13. The van der Waals surface area contributed by atoms with E-state index in [1.807, 2.05) is 6.07 Å². The number of nitrogens with one attached hydrogen (secondary N) is 2. The van der Waals surface area contributed by atoms with Crippen molar-refractivity contribution in [2.45, 2.75) is 4.90 Å². The van der Waals surface area contributed by atoms with Gasteiger partial charge in [0.25, 0.3) is 15.9 Å². The number of sulfonamides is 1. The fourth-order valence-electron chi connectivity index (χ4n) is 2.61. The Kier molecular flexibility index (Phi) is 6.26. The molecule has 3 aromatic carbocycles. The summed E-state index contributed by atoms with van der Waals surface area (Å²) in [6.45, 7) is 0. The Balaban J connectivity index is 1.90. The maximum atomic E-state index is 12.7. The first-order chi connectivity index (χ1) is 14.3. The first kappa shape index (κ1) is 21.2. The number of methoxy groups -OCH3 is 1. The van der Waals surface area contributed by atoms with Gasteiger partial charge in [-0.1, -0.05) is 17.7 Å². The molecule has 0 saturated carbocycles. The van der Waals surface area contributed by atoms with Gasteiger partial charge in [0.2, 0.25) is 0 Å². The summed E-state index contributed by atoms with van der Waals surface area (Å²) in [6, 6.07) is 18.4. The van der Waals surface area contributed by atoms with Gasteiger partial charge in [-0.05, 0) is 60.7 Å². The molecule has 0 atom stereocenters. The molecule has 9 heteroatoms. The lowest BCUT2D eigenvalue weighted by atomic mass is 10.1. The molecule has 0 aliphatic rings. The second kappa shape index (κ2) is 8.86. The molecule has 0 aromatic heterocycles. The van der Waals surface area contributed by atoms with E-state index in [1.54, 1.807) is 30.3 Å². The Morgan fingerprint density at radius 3 is 2.47 bits per heavy atom. The second-order valence-corrected chi connectivity index (χ2v) is 8.24. The molecular formula is C21H16ClN3O4S. The van der Waals surface area contributed by atoms with Crippen molar-refractivity contribution in [2.24, 2.45) is 0 Å². The number of rotatable bonds is 6. The van der Waals surface area contributed by atoms with Gasteiger partial charge in [-0.15, -0.1) is 0 Å². The number of carbonyl (C=O) groups is 1. The van der Waals surface area contributed by atoms with Gasteiger partial charge >= 0.3 is 0 Å². The average molecular weight is 442 g/mol. The number of amides is 1. The molecule has 0 bridgehead atoms. The fraction of sp³-hybridized carbons (Fsp3) is 0.0476. The molecule has 3 rings (SSSR count). The summed E-state index contributed by atoms with van der Waals surface area (Å²) >= 11 is 5.82. The molecule has 0 heterocycles. The van der Waals surface area contributed by atoms with Crippen LogP contribution in [0.1, 0.15) is 15.9 Å². The Labute approximate surface area is 178 Å². The summed E-state index contributed by atoms with van der Waals surface area (Å²) in [5, 5.41) is 12.1. The number of nitriles is 1. The van der Waals surface area contributed by atoms with Gasteiger partial charge in [0, 0.05) is 16.3 Å². The van der Waals surface area contributed by atoms with Gasteiger partial charge in [0.1, 0.15) is 5.75 Å². The zero-order valence-electron chi connectivity index (χ0n) is 15.7. The van der Waals surface area contributed by atoms with Gasteiger partial charge in [0.15, 0.2) is 0 Å². The van der Waals surface area contributed by atoms with Crippen LogP contribution in [0.15, 0.2) is 71.6 Å². The zero-order valence-corrected chi connectivity index (χ0v) is 17.3. The molecule has 0 unspecified atom stereocenters. The van der Waals surface area contributed by atoms with Gasteiger partial charge in [-0.25, -0.2) is 8.42 Å². The Morgan fingerprint density at radius 2 is 1.80 bits per heavy atom. The third-order valence-corrected chi connectivity index (χ3v) is 5.71. The number of ether oxygens (including phenoxy) is 1. The van der Waals surface area contributed by atoms with Crippen LogP contribution < -0.4 is 14.8 Å². The third-order valence-electron chi connectivity index (χ3n) is 4.08. The summed E-state index contributed by atoms with van der Waals surface area (Å²) in [7, 11) is -2.52. The fourth-order valence-corrected chi connectivity index (χ4v) is 3.82. The largest absolute Gasteiger partial charge is 0.495 e. The molecule has 3 aromatic rings. The smallest absolute Gasteiger partial charge is 0.261 e. The number of nitrogens with zero attached hydrogens (tertiary/aromatic N) is 1. The van der Waals surface area contributed by atoms with Crippen LogP contribution in [-0.2, 0) is 10.0 Å². The summed E-state index contributed by atoms with van der Waals surface area (Å²) in [5.74, 6) is -0.226. The summed E-state index contributed by atoms with van der Waals surface area (Å²) in [5.41, 5.74) is 1.10. The van der Waals surface area contributed by atoms with Crippen molar-refractivity contribution in [3.63, 3.8) is 0 Å². The van der Waals surface area contributed by atoms with Crippen LogP contribution >= 0.6 is 11.6 Å². The van der Waals surface area contributed by atoms with Gasteiger partial charge < -0.3 is 10.1 Å². The maximum absolute atomic E-state index is 12.7.